The quantitative estimate of drug-likeness (QED) is 0.736. The number of ether oxygens (including phenoxy) is 1. The van der Waals surface area contributed by atoms with Crippen LogP contribution in [0, 0.1) is 11.6 Å². The second-order valence-electron chi connectivity index (χ2n) is 3.63. The number of Topliss-reactive ketones (excluding diaryl/α,β-unsaturated/α-hetero) is 1. The van der Waals surface area contributed by atoms with Gasteiger partial charge in [0, 0.05) is 5.56 Å². The van der Waals surface area contributed by atoms with Gasteiger partial charge in [0.15, 0.2) is 23.2 Å². The van der Waals surface area contributed by atoms with E-state index in [9.17, 15) is 13.6 Å². The van der Waals surface area contributed by atoms with E-state index in [1.54, 1.807) is 19.0 Å². The van der Waals surface area contributed by atoms with E-state index in [-0.39, 0.29) is 17.9 Å². The molecule has 1 aromatic carbocycles. The van der Waals surface area contributed by atoms with Crippen molar-refractivity contribution in [1.82, 2.24) is 4.90 Å². The molecule has 0 radical (unpaired) electrons. The van der Waals surface area contributed by atoms with E-state index in [2.05, 4.69) is 4.74 Å². The van der Waals surface area contributed by atoms with E-state index < -0.39 is 17.4 Å². The third-order valence-corrected chi connectivity index (χ3v) is 1.98. The number of ketones is 1. The van der Waals surface area contributed by atoms with E-state index in [1.807, 2.05) is 0 Å². The number of rotatable bonds is 4. The van der Waals surface area contributed by atoms with E-state index in [0.717, 1.165) is 12.1 Å². The van der Waals surface area contributed by atoms with Crippen LogP contribution in [0.2, 0.25) is 0 Å². The minimum Gasteiger partial charge on any atom is -0.491 e. The summed E-state index contributed by atoms with van der Waals surface area (Å²) in [6.07, 6.45) is 0. The van der Waals surface area contributed by atoms with Gasteiger partial charge in [0.1, 0.15) is 0 Å². The fourth-order valence-corrected chi connectivity index (χ4v) is 1.29. The Bertz CT molecular complexity index is 382. The van der Waals surface area contributed by atoms with Crippen LogP contribution in [0.25, 0.3) is 0 Å². The van der Waals surface area contributed by atoms with Gasteiger partial charge in [-0.3, -0.25) is 4.79 Å². The molecule has 0 saturated heterocycles. The molecule has 0 bridgehead atoms. The maximum absolute atomic E-state index is 13.3. The summed E-state index contributed by atoms with van der Waals surface area (Å²) >= 11 is 0. The normalized spacial score (nSPS) is 10.6. The Balaban J connectivity index is 3.04. The van der Waals surface area contributed by atoms with Crippen molar-refractivity contribution in [3.05, 3.63) is 29.3 Å². The average Bonchev–Trinajstić information content (AvgIpc) is 2.16. The van der Waals surface area contributed by atoms with Gasteiger partial charge in [-0.1, -0.05) is 0 Å². The van der Waals surface area contributed by atoms with Gasteiger partial charge in [0.25, 0.3) is 0 Å². The van der Waals surface area contributed by atoms with Crippen molar-refractivity contribution in [3.63, 3.8) is 0 Å². The van der Waals surface area contributed by atoms with Crippen LogP contribution in [0.15, 0.2) is 12.1 Å². The molecule has 0 aliphatic heterocycles. The van der Waals surface area contributed by atoms with Crippen molar-refractivity contribution < 1.29 is 18.3 Å². The summed E-state index contributed by atoms with van der Waals surface area (Å²) < 4.78 is 31.1. The van der Waals surface area contributed by atoms with Gasteiger partial charge in [-0.15, -0.1) is 0 Å². The molecule has 0 N–H and O–H groups in total. The topological polar surface area (TPSA) is 29.5 Å². The van der Waals surface area contributed by atoms with Gasteiger partial charge in [-0.25, -0.2) is 8.78 Å². The van der Waals surface area contributed by atoms with Gasteiger partial charge in [-0.05, 0) is 26.2 Å². The van der Waals surface area contributed by atoms with Crippen LogP contribution in [-0.4, -0.2) is 38.4 Å². The molecule has 0 spiro atoms. The molecule has 5 heteroatoms. The summed E-state index contributed by atoms with van der Waals surface area (Å²) in [6, 6.07) is 1.96. The van der Waals surface area contributed by atoms with Crippen molar-refractivity contribution in [2.45, 2.75) is 0 Å². The molecule has 0 unspecified atom stereocenters. The largest absolute Gasteiger partial charge is 0.491 e. The Hall–Kier alpha value is -1.49. The highest BCUT2D eigenvalue weighted by atomic mass is 19.1. The zero-order valence-electron chi connectivity index (χ0n) is 9.38. The molecule has 0 saturated carbocycles. The van der Waals surface area contributed by atoms with Crippen LogP contribution >= 0.6 is 0 Å². The van der Waals surface area contributed by atoms with E-state index in [4.69, 9.17) is 0 Å². The second-order valence-corrected chi connectivity index (χ2v) is 3.63. The third kappa shape index (κ3) is 2.76. The molecular weight excluding hydrogens is 216 g/mol. The number of benzene rings is 1. The molecule has 3 nitrogen and oxygen atoms in total. The minimum atomic E-state index is -0.871. The Labute approximate surface area is 92.6 Å². The Morgan fingerprint density at radius 3 is 2.19 bits per heavy atom. The van der Waals surface area contributed by atoms with Gasteiger partial charge < -0.3 is 9.64 Å². The first-order valence-electron chi connectivity index (χ1n) is 4.66. The van der Waals surface area contributed by atoms with Gasteiger partial charge in [0.2, 0.25) is 0 Å². The zero-order valence-corrected chi connectivity index (χ0v) is 9.38. The van der Waals surface area contributed by atoms with Gasteiger partial charge in [-0.2, -0.15) is 0 Å². The van der Waals surface area contributed by atoms with Crippen molar-refractivity contribution in [2.24, 2.45) is 0 Å². The van der Waals surface area contributed by atoms with Crippen molar-refractivity contribution in [2.75, 3.05) is 27.7 Å². The van der Waals surface area contributed by atoms with E-state index >= 15 is 0 Å². The summed E-state index contributed by atoms with van der Waals surface area (Å²) in [5.41, 5.74) is 0.00417. The predicted octanol–water partition coefficient (Wildman–Crippen LogP) is 1.72. The molecule has 88 valence electrons. The van der Waals surface area contributed by atoms with E-state index in [0.29, 0.717) is 0 Å². The number of hydrogen-bond acceptors (Lipinski definition) is 3. The van der Waals surface area contributed by atoms with E-state index in [1.165, 1.54) is 7.11 Å². The Kier molecular flexibility index (Phi) is 3.95. The molecule has 0 fully saturated rings. The van der Waals surface area contributed by atoms with Crippen LogP contribution in [-0.2, 0) is 0 Å². The number of halogens is 2. The van der Waals surface area contributed by atoms with Gasteiger partial charge in [0.05, 0.1) is 13.7 Å². The molecular formula is C11H13F2NO2. The lowest BCUT2D eigenvalue weighted by molar-refractivity contribution is 0.0956. The number of carbonyl (C=O) groups is 1. The maximum Gasteiger partial charge on any atom is 0.190 e. The van der Waals surface area contributed by atoms with Crippen molar-refractivity contribution >= 4 is 5.78 Å². The Morgan fingerprint density at radius 1 is 1.31 bits per heavy atom. The molecule has 0 aromatic heterocycles. The first kappa shape index (κ1) is 12.6. The number of likely N-dealkylation sites (N-methyl/N-ethyl adjacent to an activating group) is 1. The van der Waals surface area contributed by atoms with Crippen LogP contribution in [0.4, 0.5) is 8.78 Å². The molecule has 16 heavy (non-hydrogen) atoms. The van der Waals surface area contributed by atoms with Crippen LogP contribution < -0.4 is 4.74 Å². The summed E-state index contributed by atoms with van der Waals surface area (Å²) in [5.74, 6) is -2.55. The lowest BCUT2D eigenvalue weighted by Crippen LogP contribution is -2.22. The molecule has 0 aliphatic rings. The van der Waals surface area contributed by atoms with Crippen LogP contribution in [0.1, 0.15) is 10.4 Å². The fraction of sp³-hybridized carbons (Fsp3) is 0.364. The zero-order chi connectivity index (χ0) is 12.3. The molecule has 1 aromatic rings. The average molecular weight is 229 g/mol. The van der Waals surface area contributed by atoms with Crippen molar-refractivity contribution in [1.29, 1.82) is 0 Å². The number of carbonyl (C=O) groups excluding carboxylic acids is 1. The molecule has 1 rings (SSSR count). The van der Waals surface area contributed by atoms with Gasteiger partial charge >= 0.3 is 0 Å². The monoisotopic (exact) mass is 229 g/mol. The fourth-order valence-electron chi connectivity index (χ4n) is 1.29. The third-order valence-electron chi connectivity index (χ3n) is 1.98. The summed E-state index contributed by atoms with van der Waals surface area (Å²) in [4.78, 5) is 13.2. The highest BCUT2D eigenvalue weighted by molar-refractivity contribution is 5.97. The lowest BCUT2D eigenvalue weighted by Gasteiger charge is -2.10. The molecule has 0 atom stereocenters. The van der Waals surface area contributed by atoms with Crippen LogP contribution in [0.5, 0.6) is 5.75 Å². The maximum atomic E-state index is 13.3. The number of hydrogen-bond donors (Lipinski definition) is 0. The Morgan fingerprint density at radius 2 is 1.81 bits per heavy atom. The summed E-state index contributed by atoms with van der Waals surface area (Å²) in [5, 5.41) is 0. The molecule has 0 amide bonds. The standard InChI is InChI=1S/C11H13F2NO2/c1-14(2)6-10(15)7-4-8(12)11(16-3)9(13)5-7/h4-5H,6H2,1-3H3. The first-order valence-corrected chi connectivity index (χ1v) is 4.66. The molecule has 0 aliphatic carbocycles. The predicted molar refractivity (Wildman–Crippen MR) is 55.8 cm³/mol. The van der Waals surface area contributed by atoms with Crippen molar-refractivity contribution in [3.8, 4) is 5.75 Å². The smallest absolute Gasteiger partial charge is 0.190 e. The first-order chi connectivity index (χ1) is 7.45. The molecule has 0 heterocycles. The lowest BCUT2D eigenvalue weighted by atomic mass is 10.1. The number of nitrogens with zero attached hydrogens (tertiary/aromatic N) is 1. The minimum absolute atomic E-state index is 0.00417. The second kappa shape index (κ2) is 5.03. The van der Waals surface area contributed by atoms with Crippen LogP contribution in [0.3, 0.4) is 0 Å². The highest BCUT2D eigenvalue weighted by Crippen LogP contribution is 2.22. The summed E-state index contributed by atoms with van der Waals surface area (Å²) in [7, 11) is 4.57. The summed E-state index contributed by atoms with van der Waals surface area (Å²) in [6.45, 7) is 0.102. The highest BCUT2D eigenvalue weighted by Gasteiger charge is 2.15. The SMILES string of the molecule is COc1c(F)cc(C(=O)CN(C)C)cc1F. The number of methoxy groups -OCH3 is 1.